The van der Waals surface area contributed by atoms with Crippen LogP contribution >= 0.6 is 0 Å². The SMILES string of the molecule is Cc1ccc([C@@H](C)NC(=O)CN(c2cc(C)ccc2C)S(C)(=O)=O)c(C)c1. The van der Waals surface area contributed by atoms with Crippen molar-refractivity contribution in [1.82, 2.24) is 5.32 Å². The first kappa shape index (κ1) is 21.0. The first-order chi connectivity index (χ1) is 12.5. The van der Waals surface area contributed by atoms with Crippen LogP contribution in [0.5, 0.6) is 0 Å². The van der Waals surface area contributed by atoms with Crippen LogP contribution in [0.15, 0.2) is 36.4 Å². The van der Waals surface area contributed by atoms with Crippen molar-refractivity contribution in [2.45, 2.75) is 40.7 Å². The molecule has 0 radical (unpaired) electrons. The zero-order valence-electron chi connectivity index (χ0n) is 16.8. The van der Waals surface area contributed by atoms with Crippen LogP contribution in [-0.4, -0.2) is 27.1 Å². The van der Waals surface area contributed by atoms with Gasteiger partial charge in [0.15, 0.2) is 0 Å². The molecule has 0 saturated heterocycles. The third-order valence-electron chi connectivity index (χ3n) is 4.59. The lowest BCUT2D eigenvalue weighted by atomic mass is 10.0. The fourth-order valence-corrected chi connectivity index (χ4v) is 4.08. The van der Waals surface area contributed by atoms with Gasteiger partial charge in [0.1, 0.15) is 6.54 Å². The van der Waals surface area contributed by atoms with E-state index in [9.17, 15) is 13.2 Å². The Labute approximate surface area is 162 Å². The topological polar surface area (TPSA) is 66.5 Å². The van der Waals surface area contributed by atoms with Crippen LogP contribution in [0, 0.1) is 27.7 Å². The molecule has 27 heavy (non-hydrogen) atoms. The summed E-state index contributed by atoms with van der Waals surface area (Å²) >= 11 is 0. The summed E-state index contributed by atoms with van der Waals surface area (Å²) in [4.78, 5) is 12.6. The monoisotopic (exact) mass is 388 g/mol. The van der Waals surface area contributed by atoms with Crippen LogP contribution in [0.3, 0.4) is 0 Å². The van der Waals surface area contributed by atoms with E-state index < -0.39 is 10.0 Å². The Bertz CT molecular complexity index is 952. The maximum atomic E-state index is 12.6. The number of aryl methyl sites for hydroxylation is 4. The molecule has 0 heterocycles. The number of carbonyl (C=O) groups excluding carboxylic acids is 1. The Morgan fingerprint density at radius 2 is 1.59 bits per heavy atom. The van der Waals surface area contributed by atoms with Gasteiger partial charge >= 0.3 is 0 Å². The van der Waals surface area contributed by atoms with Gasteiger partial charge in [-0.3, -0.25) is 9.10 Å². The van der Waals surface area contributed by atoms with E-state index in [0.29, 0.717) is 5.69 Å². The Morgan fingerprint density at radius 1 is 1.00 bits per heavy atom. The van der Waals surface area contributed by atoms with Gasteiger partial charge in [-0.25, -0.2) is 8.42 Å². The number of hydrogen-bond acceptors (Lipinski definition) is 3. The number of carbonyl (C=O) groups is 1. The van der Waals surface area contributed by atoms with Gasteiger partial charge in [0.2, 0.25) is 15.9 Å². The molecule has 1 amide bonds. The van der Waals surface area contributed by atoms with E-state index in [1.807, 2.05) is 58.9 Å². The molecule has 146 valence electrons. The van der Waals surface area contributed by atoms with E-state index in [1.54, 1.807) is 6.07 Å². The predicted octanol–water partition coefficient (Wildman–Crippen LogP) is 3.56. The van der Waals surface area contributed by atoms with Crippen molar-refractivity contribution in [2.24, 2.45) is 0 Å². The lowest BCUT2D eigenvalue weighted by molar-refractivity contribution is -0.120. The summed E-state index contributed by atoms with van der Waals surface area (Å²) < 4.78 is 25.8. The van der Waals surface area contributed by atoms with Crippen molar-refractivity contribution in [3.63, 3.8) is 0 Å². The fraction of sp³-hybridized carbons (Fsp3) is 0.381. The highest BCUT2D eigenvalue weighted by Crippen LogP contribution is 2.24. The van der Waals surface area contributed by atoms with Gasteiger partial charge in [-0.1, -0.05) is 35.9 Å². The van der Waals surface area contributed by atoms with Crippen LogP contribution < -0.4 is 9.62 Å². The quantitative estimate of drug-likeness (QED) is 0.823. The summed E-state index contributed by atoms with van der Waals surface area (Å²) in [5, 5.41) is 2.92. The molecule has 0 spiro atoms. The highest BCUT2D eigenvalue weighted by Gasteiger charge is 2.23. The van der Waals surface area contributed by atoms with Gasteiger partial charge in [0.25, 0.3) is 0 Å². The van der Waals surface area contributed by atoms with Crippen molar-refractivity contribution in [3.05, 3.63) is 64.2 Å². The molecule has 0 aliphatic heterocycles. The summed E-state index contributed by atoms with van der Waals surface area (Å²) in [6.45, 7) is 9.41. The smallest absolute Gasteiger partial charge is 0.241 e. The van der Waals surface area contributed by atoms with Crippen LogP contribution in [0.4, 0.5) is 5.69 Å². The molecule has 0 aliphatic rings. The van der Waals surface area contributed by atoms with Crippen molar-refractivity contribution in [3.8, 4) is 0 Å². The molecule has 1 atom stereocenters. The maximum absolute atomic E-state index is 12.6. The molecule has 0 aliphatic carbocycles. The first-order valence-corrected chi connectivity index (χ1v) is 10.8. The minimum Gasteiger partial charge on any atom is -0.348 e. The minimum atomic E-state index is -3.59. The number of benzene rings is 2. The summed E-state index contributed by atoms with van der Waals surface area (Å²) in [6, 6.07) is 11.4. The number of rotatable bonds is 6. The fourth-order valence-electron chi connectivity index (χ4n) is 3.18. The van der Waals surface area contributed by atoms with Gasteiger partial charge in [-0.15, -0.1) is 0 Å². The Morgan fingerprint density at radius 3 is 2.19 bits per heavy atom. The Kier molecular flexibility index (Phi) is 6.31. The summed E-state index contributed by atoms with van der Waals surface area (Å²) in [5.41, 5.74) is 5.55. The van der Waals surface area contributed by atoms with Crippen LogP contribution in [0.1, 0.15) is 40.8 Å². The second kappa shape index (κ2) is 8.13. The van der Waals surface area contributed by atoms with E-state index in [0.717, 1.165) is 34.1 Å². The molecule has 0 bridgehead atoms. The van der Waals surface area contributed by atoms with E-state index in [2.05, 4.69) is 11.4 Å². The molecule has 2 aromatic rings. The van der Waals surface area contributed by atoms with E-state index in [1.165, 1.54) is 4.31 Å². The molecular formula is C21H28N2O3S. The minimum absolute atomic E-state index is 0.210. The number of hydrogen-bond donors (Lipinski definition) is 1. The molecule has 0 unspecified atom stereocenters. The number of nitrogens with zero attached hydrogens (tertiary/aromatic N) is 1. The van der Waals surface area contributed by atoms with Crippen molar-refractivity contribution >= 4 is 21.6 Å². The number of nitrogens with one attached hydrogen (secondary N) is 1. The zero-order valence-corrected chi connectivity index (χ0v) is 17.6. The van der Waals surface area contributed by atoms with Gasteiger partial charge in [-0.05, 0) is 62.9 Å². The molecular weight excluding hydrogens is 360 g/mol. The first-order valence-electron chi connectivity index (χ1n) is 8.90. The van der Waals surface area contributed by atoms with Crippen molar-refractivity contribution in [1.29, 1.82) is 0 Å². The highest BCUT2D eigenvalue weighted by atomic mass is 32.2. The standard InChI is InChI=1S/C21H28N2O3S/c1-14-8-10-19(17(4)11-14)18(5)22-21(24)13-23(27(6,25)26)20-12-15(2)7-9-16(20)3/h7-12,18H,13H2,1-6H3,(H,22,24)/t18-/m1/s1. The maximum Gasteiger partial charge on any atom is 0.241 e. The highest BCUT2D eigenvalue weighted by molar-refractivity contribution is 7.92. The van der Waals surface area contributed by atoms with Crippen LogP contribution in [0.25, 0.3) is 0 Å². The van der Waals surface area contributed by atoms with Gasteiger partial charge in [0.05, 0.1) is 18.0 Å². The van der Waals surface area contributed by atoms with E-state index in [-0.39, 0.29) is 18.5 Å². The second-order valence-electron chi connectivity index (χ2n) is 7.21. The number of sulfonamides is 1. The third kappa shape index (κ3) is 5.32. The molecule has 2 rings (SSSR count). The lowest BCUT2D eigenvalue weighted by Gasteiger charge is -2.25. The molecule has 5 nitrogen and oxygen atoms in total. The molecule has 0 saturated carbocycles. The molecule has 1 N–H and O–H groups in total. The average Bonchev–Trinajstić information content (AvgIpc) is 2.54. The molecule has 2 aromatic carbocycles. The van der Waals surface area contributed by atoms with Gasteiger partial charge in [-0.2, -0.15) is 0 Å². The van der Waals surface area contributed by atoms with Crippen molar-refractivity contribution in [2.75, 3.05) is 17.1 Å². The van der Waals surface area contributed by atoms with Crippen LogP contribution in [0.2, 0.25) is 0 Å². The number of anilines is 1. The second-order valence-corrected chi connectivity index (χ2v) is 9.12. The van der Waals surface area contributed by atoms with E-state index in [4.69, 9.17) is 0 Å². The Hall–Kier alpha value is -2.34. The Balaban J connectivity index is 2.23. The summed E-state index contributed by atoms with van der Waals surface area (Å²) in [5.74, 6) is -0.339. The zero-order chi connectivity index (χ0) is 20.4. The molecule has 0 fully saturated rings. The van der Waals surface area contributed by atoms with Gasteiger partial charge in [0, 0.05) is 0 Å². The summed E-state index contributed by atoms with van der Waals surface area (Å²) in [7, 11) is -3.59. The molecule has 0 aromatic heterocycles. The van der Waals surface area contributed by atoms with Crippen LogP contribution in [-0.2, 0) is 14.8 Å². The summed E-state index contributed by atoms with van der Waals surface area (Å²) in [6.07, 6.45) is 1.12. The van der Waals surface area contributed by atoms with Crippen molar-refractivity contribution < 1.29 is 13.2 Å². The van der Waals surface area contributed by atoms with Gasteiger partial charge < -0.3 is 5.32 Å². The largest absolute Gasteiger partial charge is 0.348 e. The predicted molar refractivity (Wildman–Crippen MR) is 111 cm³/mol. The number of amides is 1. The normalized spacial score (nSPS) is 12.5. The van der Waals surface area contributed by atoms with E-state index >= 15 is 0 Å². The lowest BCUT2D eigenvalue weighted by Crippen LogP contribution is -2.41. The third-order valence-corrected chi connectivity index (χ3v) is 5.72. The average molecular weight is 389 g/mol. The molecule has 6 heteroatoms.